The number of benzene rings is 3. The summed E-state index contributed by atoms with van der Waals surface area (Å²) in [7, 11) is 0. The SMILES string of the molecule is O=C(Nc1nn[nH]n1)c1ccc(CN(C(=O)Nc2nc3c(F)cc(C(F)(F)F)cc3s2)c2ccc(C3=CCCCC3)cc2)cc1. The summed E-state index contributed by atoms with van der Waals surface area (Å²) in [6.07, 6.45) is 1.74. The Morgan fingerprint density at radius 3 is 2.44 bits per heavy atom. The highest BCUT2D eigenvalue weighted by molar-refractivity contribution is 7.22. The minimum atomic E-state index is -4.73. The molecule has 0 saturated carbocycles. The Morgan fingerprint density at radius 1 is 1.00 bits per heavy atom. The van der Waals surface area contributed by atoms with Gasteiger partial charge in [-0.05, 0) is 84.0 Å². The van der Waals surface area contributed by atoms with Gasteiger partial charge in [-0.3, -0.25) is 20.3 Å². The van der Waals surface area contributed by atoms with E-state index in [2.05, 4.69) is 42.3 Å². The van der Waals surface area contributed by atoms with Crippen LogP contribution in [0.1, 0.15) is 52.7 Å². The number of nitrogens with one attached hydrogen (secondary N) is 3. The first-order valence-electron chi connectivity index (χ1n) is 13.8. The molecule has 0 fully saturated rings. The van der Waals surface area contributed by atoms with Crippen molar-refractivity contribution < 1.29 is 27.2 Å². The van der Waals surface area contributed by atoms with Crippen molar-refractivity contribution in [2.24, 2.45) is 0 Å². The number of halogens is 4. The molecule has 2 heterocycles. The molecule has 1 aliphatic carbocycles. The summed E-state index contributed by atoms with van der Waals surface area (Å²) in [6, 6.07) is 14.6. The zero-order valence-electron chi connectivity index (χ0n) is 23.4. The van der Waals surface area contributed by atoms with E-state index in [-0.39, 0.29) is 27.8 Å². The van der Waals surface area contributed by atoms with Gasteiger partial charge in [0.1, 0.15) is 5.52 Å². The van der Waals surface area contributed by atoms with Gasteiger partial charge < -0.3 is 0 Å². The molecule has 3 amide bonds. The summed E-state index contributed by atoms with van der Waals surface area (Å²) in [4.78, 5) is 31.6. The van der Waals surface area contributed by atoms with Crippen molar-refractivity contribution in [3.63, 3.8) is 0 Å². The summed E-state index contributed by atoms with van der Waals surface area (Å²) in [5, 5.41) is 18.1. The van der Waals surface area contributed by atoms with Gasteiger partial charge >= 0.3 is 12.2 Å². The Morgan fingerprint density at radius 2 is 1.78 bits per heavy atom. The standard InChI is InChI=1S/C30H24F4N8O2S/c31-23-14-21(30(32,33)34)15-24-25(23)35-28(45-24)37-29(44)42(22-12-10-19(11-13-22)18-4-2-1-3-5-18)16-17-6-8-20(9-7-17)26(43)36-27-38-40-41-39-27/h4,6-15H,1-3,5,16H2,(H,35,37,44)(H2,36,38,39,40,41,43). The summed E-state index contributed by atoms with van der Waals surface area (Å²) in [5.41, 5.74) is 2.42. The van der Waals surface area contributed by atoms with Gasteiger partial charge in [-0.2, -0.15) is 18.4 Å². The first-order valence-corrected chi connectivity index (χ1v) is 14.6. The summed E-state index contributed by atoms with van der Waals surface area (Å²) < 4.78 is 54.1. The number of aromatic nitrogens is 5. The molecule has 1 aliphatic rings. The summed E-state index contributed by atoms with van der Waals surface area (Å²) >= 11 is 0.738. The topological polar surface area (TPSA) is 129 Å². The molecule has 3 aromatic carbocycles. The number of amides is 3. The molecule has 45 heavy (non-hydrogen) atoms. The van der Waals surface area contributed by atoms with E-state index >= 15 is 0 Å². The number of allylic oxidation sites excluding steroid dienone is 2. The van der Waals surface area contributed by atoms with Crippen LogP contribution in [0, 0.1) is 5.82 Å². The van der Waals surface area contributed by atoms with Gasteiger partial charge in [0.2, 0.25) is 0 Å². The zero-order valence-corrected chi connectivity index (χ0v) is 24.2. The highest BCUT2D eigenvalue weighted by Gasteiger charge is 2.32. The molecule has 0 bridgehead atoms. The number of urea groups is 1. The molecule has 0 radical (unpaired) electrons. The number of aromatic amines is 1. The summed E-state index contributed by atoms with van der Waals surface area (Å²) in [5.74, 6) is -1.57. The molecule has 6 rings (SSSR count). The molecule has 15 heteroatoms. The average Bonchev–Trinajstić information content (AvgIpc) is 3.70. The maximum Gasteiger partial charge on any atom is 0.416 e. The third-order valence-electron chi connectivity index (χ3n) is 7.20. The van der Waals surface area contributed by atoms with Crippen LogP contribution in [0.15, 0.2) is 66.7 Å². The number of rotatable bonds is 7. The van der Waals surface area contributed by atoms with E-state index in [1.807, 2.05) is 24.3 Å². The lowest BCUT2D eigenvalue weighted by Crippen LogP contribution is -2.34. The highest BCUT2D eigenvalue weighted by Crippen LogP contribution is 2.36. The molecule has 3 N–H and O–H groups in total. The smallest absolute Gasteiger partial charge is 0.290 e. The second-order valence-corrected chi connectivity index (χ2v) is 11.3. The predicted molar refractivity (Wildman–Crippen MR) is 161 cm³/mol. The van der Waals surface area contributed by atoms with Crippen molar-refractivity contribution in [2.75, 3.05) is 15.5 Å². The quantitative estimate of drug-likeness (QED) is 0.160. The second kappa shape index (κ2) is 12.4. The van der Waals surface area contributed by atoms with Gasteiger partial charge in [0.15, 0.2) is 10.9 Å². The van der Waals surface area contributed by atoms with E-state index in [0.29, 0.717) is 22.9 Å². The third kappa shape index (κ3) is 6.82. The first-order chi connectivity index (χ1) is 21.6. The van der Waals surface area contributed by atoms with Crippen LogP contribution < -0.4 is 15.5 Å². The Kier molecular flexibility index (Phi) is 8.26. The van der Waals surface area contributed by atoms with Crippen molar-refractivity contribution in [2.45, 2.75) is 38.4 Å². The molecule has 0 aliphatic heterocycles. The Bertz CT molecular complexity index is 1870. The van der Waals surface area contributed by atoms with E-state index in [9.17, 15) is 27.2 Å². The molecule has 0 atom stereocenters. The maximum absolute atomic E-state index is 14.5. The van der Waals surface area contributed by atoms with Crippen molar-refractivity contribution in [1.29, 1.82) is 0 Å². The Labute approximate surface area is 257 Å². The van der Waals surface area contributed by atoms with Crippen LogP contribution >= 0.6 is 11.3 Å². The minimum Gasteiger partial charge on any atom is -0.290 e. The fraction of sp³-hybridized carbons (Fsp3) is 0.200. The number of thiazole rings is 1. The number of H-pyrrole nitrogens is 1. The number of alkyl halides is 3. The molecule has 10 nitrogen and oxygen atoms in total. The Balaban J connectivity index is 1.26. The monoisotopic (exact) mass is 636 g/mol. The number of carbonyl (C=O) groups excluding carboxylic acids is 2. The van der Waals surface area contributed by atoms with E-state index in [1.165, 1.54) is 10.5 Å². The molecule has 0 spiro atoms. The van der Waals surface area contributed by atoms with Crippen LogP contribution in [-0.2, 0) is 12.7 Å². The zero-order chi connectivity index (χ0) is 31.6. The molecular formula is C30H24F4N8O2S. The van der Waals surface area contributed by atoms with Gasteiger partial charge in [0.05, 0.1) is 16.8 Å². The van der Waals surface area contributed by atoms with Crippen LogP contribution in [-0.4, -0.2) is 37.5 Å². The lowest BCUT2D eigenvalue weighted by molar-refractivity contribution is -0.137. The van der Waals surface area contributed by atoms with Crippen LogP contribution in [0.3, 0.4) is 0 Å². The fourth-order valence-corrected chi connectivity index (χ4v) is 5.84. The lowest BCUT2D eigenvalue weighted by atomic mass is 9.93. The van der Waals surface area contributed by atoms with Gasteiger partial charge in [-0.1, -0.05) is 46.8 Å². The number of nitrogens with zero attached hydrogens (tertiary/aromatic N) is 5. The van der Waals surface area contributed by atoms with E-state index < -0.39 is 29.5 Å². The molecule has 0 unspecified atom stereocenters. The van der Waals surface area contributed by atoms with E-state index in [1.54, 1.807) is 24.3 Å². The van der Waals surface area contributed by atoms with Crippen LogP contribution in [0.5, 0.6) is 0 Å². The first kappa shape index (κ1) is 29.9. The molecule has 2 aromatic heterocycles. The Hall–Kier alpha value is -5.18. The van der Waals surface area contributed by atoms with Crippen LogP contribution in [0.2, 0.25) is 0 Å². The van der Waals surface area contributed by atoms with Crippen molar-refractivity contribution >= 4 is 55.8 Å². The number of fused-ring (bicyclic) bond motifs is 1. The largest absolute Gasteiger partial charge is 0.416 e. The van der Waals surface area contributed by atoms with Gasteiger partial charge in [-0.15, -0.1) is 5.10 Å². The van der Waals surface area contributed by atoms with Gasteiger partial charge in [0.25, 0.3) is 11.9 Å². The number of hydrogen-bond donors (Lipinski definition) is 3. The highest BCUT2D eigenvalue weighted by atomic mass is 32.1. The molecule has 5 aromatic rings. The van der Waals surface area contributed by atoms with E-state index in [4.69, 9.17) is 0 Å². The molecule has 0 saturated heterocycles. The third-order valence-corrected chi connectivity index (χ3v) is 8.12. The van der Waals surface area contributed by atoms with Crippen molar-refractivity contribution in [3.05, 3.63) is 94.8 Å². The van der Waals surface area contributed by atoms with Crippen molar-refractivity contribution in [3.8, 4) is 0 Å². The lowest BCUT2D eigenvalue weighted by Gasteiger charge is -2.23. The maximum atomic E-state index is 14.5. The number of anilines is 3. The van der Waals surface area contributed by atoms with Crippen molar-refractivity contribution in [1.82, 2.24) is 25.6 Å². The van der Waals surface area contributed by atoms with E-state index in [0.717, 1.165) is 48.6 Å². The summed E-state index contributed by atoms with van der Waals surface area (Å²) in [6.45, 7) is 0.0676. The number of hydrogen-bond acceptors (Lipinski definition) is 7. The predicted octanol–water partition coefficient (Wildman–Crippen LogP) is 7.42. The fourth-order valence-electron chi connectivity index (χ4n) is 4.93. The van der Waals surface area contributed by atoms with Gasteiger partial charge in [0, 0.05) is 11.3 Å². The minimum absolute atomic E-state index is 0.0173. The average molecular weight is 637 g/mol. The van der Waals surface area contributed by atoms with Gasteiger partial charge in [-0.25, -0.2) is 14.2 Å². The normalized spacial score (nSPS) is 13.4. The molecular weight excluding hydrogens is 612 g/mol. The number of tetrazole rings is 1. The van der Waals surface area contributed by atoms with Crippen LogP contribution in [0.25, 0.3) is 15.8 Å². The van der Waals surface area contributed by atoms with Crippen LogP contribution in [0.4, 0.5) is 39.1 Å². The second-order valence-electron chi connectivity index (χ2n) is 10.2. The number of carbonyl (C=O) groups is 2. The molecule has 230 valence electrons.